The van der Waals surface area contributed by atoms with Gasteiger partial charge in [0.2, 0.25) is 0 Å². The van der Waals surface area contributed by atoms with Gasteiger partial charge in [-0.15, -0.1) is 0 Å². The van der Waals surface area contributed by atoms with Crippen LogP contribution < -0.4 is 0 Å². The average molecular weight is 506 g/mol. The molecule has 0 aromatic heterocycles. The maximum atomic E-state index is 13.6. The highest BCUT2D eigenvalue weighted by Gasteiger charge is 2.37. The van der Waals surface area contributed by atoms with Crippen LogP contribution in [0.4, 0.5) is 35.5 Å². The monoisotopic (exact) mass is 506 g/mol. The van der Waals surface area contributed by atoms with Crippen LogP contribution in [0.2, 0.25) is 0 Å². The van der Waals surface area contributed by atoms with E-state index in [9.17, 15) is 40.6 Å². The molecule has 192 valence electrons. The summed E-state index contributed by atoms with van der Waals surface area (Å²) in [7, 11) is 1.40. The lowest BCUT2D eigenvalue weighted by Gasteiger charge is -2.40. The van der Waals surface area contributed by atoms with Crippen molar-refractivity contribution >= 4 is 6.03 Å². The zero-order valence-corrected chi connectivity index (χ0v) is 19.0. The Balaban J connectivity index is 1.79. The highest BCUT2D eigenvalue weighted by atomic mass is 19.4. The van der Waals surface area contributed by atoms with E-state index in [1.165, 1.54) is 35.0 Å². The second kappa shape index (κ2) is 10.0. The Bertz CT molecular complexity index is 1040. The molecule has 11 heteroatoms. The molecule has 0 spiro atoms. The Morgan fingerprint density at radius 2 is 1.66 bits per heavy atom. The zero-order valence-electron chi connectivity index (χ0n) is 19.0. The van der Waals surface area contributed by atoms with Crippen molar-refractivity contribution in [2.24, 2.45) is 0 Å². The lowest BCUT2D eigenvalue weighted by atomic mass is 9.91. The van der Waals surface area contributed by atoms with Gasteiger partial charge in [-0.3, -0.25) is 0 Å². The third-order valence-electron chi connectivity index (χ3n) is 6.12. The van der Waals surface area contributed by atoms with Crippen molar-refractivity contribution in [2.45, 2.75) is 50.7 Å². The Labute approximate surface area is 197 Å². The summed E-state index contributed by atoms with van der Waals surface area (Å²) in [6.45, 7) is 1.73. The molecule has 2 atom stereocenters. The predicted molar refractivity (Wildman–Crippen MR) is 114 cm³/mol. The molecule has 1 heterocycles. The molecular formula is C24H25F7N2O2. The number of nitrogens with zero attached hydrogens (tertiary/aromatic N) is 2. The zero-order chi connectivity index (χ0) is 26.1. The van der Waals surface area contributed by atoms with Crippen LogP contribution in [0.25, 0.3) is 0 Å². The van der Waals surface area contributed by atoms with Gasteiger partial charge in [0.15, 0.2) is 0 Å². The number of likely N-dealkylation sites (N-methyl/N-ethyl adjacent to an activating group) is 1. The van der Waals surface area contributed by atoms with Crippen molar-refractivity contribution in [3.8, 4) is 0 Å². The second-order valence-corrected chi connectivity index (χ2v) is 8.76. The van der Waals surface area contributed by atoms with Crippen molar-refractivity contribution < 1.29 is 40.6 Å². The molecule has 1 aliphatic heterocycles. The Morgan fingerprint density at radius 1 is 1.06 bits per heavy atom. The Kier molecular flexibility index (Phi) is 7.68. The molecule has 1 fully saturated rings. The predicted octanol–water partition coefficient (Wildman–Crippen LogP) is 5.96. The number of aryl methyl sites for hydroxylation is 1. The summed E-state index contributed by atoms with van der Waals surface area (Å²) in [5.41, 5.74) is -1.78. The number of hydrogen-bond acceptors (Lipinski definition) is 2. The minimum atomic E-state index is -4.95. The van der Waals surface area contributed by atoms with E-state index < -0.39 is 47.5 Å². The number of carbonyl (C=O) groups excluding carboxylic acids is 1. The van der Waals surface area contributed by atoms with Crippen molar-refractivity contribution in [3.63, 3.8) is 0 Å². The first kappa shape index (κ1) is 26.8. The normalized spacial score (nSPS) is 19.1. The van der Waals surface area contributed by atoms with E-state index >= 15 is 0 Å². The third-order valence-corrected chi connectivity index (χ3v) is 6.12. The molecule has 2 aromatic carbocycles. The summed E-state index contributed by atoms with van der Waals surface area (Å²) in [6.07, 6.45) is -10.3. The molecular weight excluding hydrogens is 481 g/mol. The van der Waals surface area contributed by atoms with E-state index in [0.717, 1.165) is 0 Å². The summed E-state index contributed by atoms with van der Waals surface area (Å²) in [5.74, 6) is -0.447. The molecule has 0 saturated carbocycles. The molecule has 2 aromatic rings. The van der Waals surface area contributed by atoms with Crippen LogP contribution in [0.5, 0.6) is 0 Å². The molecule has 1 aliphatic rings. The molecule has 35 heavy (non-hydrogen) atoms. The molecule has 4 nitrogen and oxygen atoms in total. The third kappa shape index (κ3) is 6.45. The van der Waals surface area contributed by atoms with Gasteiger partial charge in [-0.05, 0) is 73.2 Å². The Morgan fingerprint density at radius 3 is 2.20 bits per heavy atom. The molecule has 0 radical (unpaired) electrons. The first-order valence-corrected chi connectivity index (χ1v) is 10.9. The van der Waals surface area contributed by atoms with Gasteiger partial charge in [0.25, 0.3) is 0 Å². The summed E-state index contributed by atoms with van der Waals surface area (Å²) in [6, 6.07) is 4.41. The maximum absolute atomic E-state index is 13.6. The van der Waals surface area contributed by atoms with Gasteiger partial charge >= 0.3 is 18.4 Å². The lowest BCUT2D eigenvalue weighted by Crippen LogP contribution is -2.48. The van der Waals surface area contributed by atoms with Gasteiger partial charge in [-0.1, -0.05) is 6.07 Å². The van der Waals surface area contributed by atoms with Gasteiger partial charge in [-0.25, -0.2) is 9.18 Å². The van der Waals surface area contributed by atoms with Gasteiger partial charge in [0.05, 0.1) is 23.3 Å². The molecule has 1 saturated heterocycles. The molecule has 0 unspecified atom stereocenters. The first-order chi connectivity index (χ1) is 16.2. The number of aliphatic hydroxyl groups is 1. The van der Waals surface area contributed by atoms with Gasteiger partial charge in [0.1, 0.15) is 5.82 Å². The summed E-state index contributed by atoms with van der Waals surface area (Å²) >= 11 is 0. The number of hydrogen-bond donors (Lipinski definition) is 1. The number of rotatable bonds is 4. The molecule has 0 aliphatic carbocycles. The second-order valence-electron chi connectivity index (χ2n) is 8.76. The van der Waals surface area contributed by atoms with Crippen molar-refractivity contribution in [1.82, 2.24) is 9.80 Å². The minimum Gasteiger partial charge on any atom is -0.393 e. The fraction of sp³-hybridized carbons (Fsp3) is 0.458. The first-order valence-electron chi connectivity index (χ1n) is 10.9. The SMILES string of the molecule is Cc1cc(F)ccc1[C@H]1C[C@H](O)CCN1C(=O)N(C)CCc1cc(C(F)(F)F)cc(C(F)(F)F)c1. The summed E-state index contributed by atoms with van der Waals surface area (Å²) in [5, 5.41) is 10.2. The van der Waals surface area contributed by atoms with Crippen molar-refractivity contribution in [2.75, 3.05) is 20.1 Å². The van der Waals surface area contributed by atoms with Crippen LogP contribution in [0.15, 0.2) is 36.4 Å². The van der Waals surface area contributed by atoms with E-state index in [1.54, 1.807) is 6.92 Å². The number of aliphatic hydroxyl groups excluding tert-OH is 1. The fourth-order valence-electron chi connectivity index (χ4n) is 4.26. The largest absolute Gasteiger partial charge is 0.416 e. The molecule has 3 rings (SSSR count). The van der Waals surface area contributed by atoms with Crippen molar-refractivity contribution in [3.05, 3.63) is 70.0 Å². The van der Waals surface area contributed by atoms with Crippen molar-refractivity contribution in [1.29, 1.82) is 0 Å². The molecule has 0 bridgehead atoms. The smallest absolute Gasteiger partial charge is 0.393 e. The number of likely N-dealkylation sites (tertiary alicyclic amines) is 1. The topological polar surface area (TPSA) is 43.8 Å². The number of urea groups is 1. The highest BCUT2D eigenvalue weighted by Crippen LogP contribution is 2.37. The number of carbonyl (C=O) groups is 1. The van der Waals surface area contributed by atoms with Gasteiger partial charge < -0.3 is 14.9 Å². The van der Waals surface area contributed by atoms with Gasteiger partial charge in [-0.2, -0.15) is 26.3 Å². The highest BCUT2D eigenvalue weighted by molar-refractivity contribution is 5.75. The van der Waals surface area contributed by atoms with E-state index in [2.05, 4.69) is 0 Å². The summed E-state index contributed by atoms with van der Waals surface area (Å²) in [4.78, 5) is 15.9. The number of alkyl halides is 6. The number of halogens is 7. The van der Waals surface area contributed by atoms with Crippen LogP contribution in [-0.2, 0) is 18.8 Å². The molecule has 1 N–H and O–H groups in total. The maximum Gasteiger partial charge on any atom is 0.416 e. The average Bonchev–Trinajstić information content (AvgIpc) is 2.75. The quantitative estimate of drug-likeness (QED) is 0.520. The minimum absolute atomic E-state index is 0.0625. The molecule has 2 amide bonds. The van der Waals surface area contributed by atoms with Crippen LogP contribution >= 0.6 is 0 Å². The van der Waals surface area contributed by atoms with E-state index in [4.69, 9.17) is 0 Å². The van der Waals surface area contributed by atoms with Crippen LogP contribution in [0, 0.1) is 12.7 Å². The Hall–Kier alpha value is -2.82. The summed E-state index contributed by atoms with van der Waals surface area (Å²) < 4.78 is 92.3. The van der Waals surface area contributed by atoms with Gasteiger partial charge in [0, 0.05) is 20.1 Å². The van der Waals surface area contributed by atoms with E-state index in [0.29, 0.717) is 29.7 Å². The number of benzene rings is 2. The van der Waals surface area contributed by atoms with E-state index in [1.807, 2.05) is 0 Å². The van der Waals surface area contributed by atoms with Crippen LogP contribution in [0.3, 0.4) is 0 Å². The standard InChI is InChI=1S/C24H25F7N2O2/c1-14-9-18(25)3-4-20(14)21-13-19(34)6-8-33(21)22(35)32(2)7-5-15-10-16(23(26,27)28)12-17(11-15)24(29,30)31/h3-4,9-12,19,21,34H,5-8,13H2,1-2H3/t19-,21-/m1/s1. The van der Waals surface area contributed by atoms with Crippen LogP contribution in [-0.4, -0.2) is 47.2 Å². The number of piperidine rings is 1. The number of amides is 2. The van der Waals surface area contributed by atoms with E-state index in [-0.39, 0.29) is 37.6 Å². The fourth-order valence-corrected chi connectivity index (χ4v) is 4.26. The van der Waals surface area contributed by atoms with Crippen LogP contribution in [0.1, 0.15) is 46.7 Å². The lowest BCUT2D eigenvalue weighted by molar-refractivity contribution is -0.143.